The van der Waals surface area contributed by atoms with Crippen molar-refractivity contribution >= 4 is 22.9 Å². The van der Waals surface area contributed by atoms with Crippen molar-refractivity contribution in [2.24, 2.45) is 0 Å². The first-order valence-corrected chi connectivity index (χ1v) is 8.53. The Kier molecular flexibility index (Phi) is 5.50. The summed E-state index contributed by atoms with van der Waals surface area (Å²) in [7, 11) is 6.51. The Bertz CT molecular complexity index is 995. The third-order valence-electron chi connectivity index (χ3n) is 4.33. The number of ether oxygens (including phenoxy) is 4. The highest BCUT2D eigenvalue weighted by Gasteiger charge is 2.10. The molecule has 0 atom stereocenters. The Labute approximate surface area is 159 Å². The van der Waals surface area contributed by atoms with E-state index in [4.69, 9.17) is 18.9 Å². The quantitative estimate of drug-likeness (QED) is 0.631. The van der Waals surface area contributed by atoms with E-state index in [1.165, 1.54) is 0 Å². The molecule has 5 heteroatoms. The van der Waals surface area contributed by atoms with E-state index in [1.54, 1.807) is 28.4 Å². The summed E-state index contributed by atoms with van der Waals surface area (Å²) in [5, 5.41) is 2.04. The van der Waals surface area contributed by atoms with Gasteiger partial charge in [0.25, 0.3) is 0 Å². The van der Waals surface area contributed by atoms with Gasteiger partial charge in [-0.05, 0) is 54.3 Å². The van der Waals surface area contributed by atoms with Crippen molar-refractivity contribution in [2.45, 2.75) is 6.92 Å². The number of aryl methyl sites for hydroxylation is 1. The molecule has 0 radical (unpaired) electrons. The highest BCUT2D eigenvalue weighted by molar-refractivity contribution is 5.94. The van der Waals surface area contributed by atoms with Gasteiger partial charge in [0.2, 0.25) is 0 Å². The fraction of sp³-hybridized carbons (Fsp3) is 0.227. The van der Waals surface area contributed by atoms with Gasteiger partial charge in [0, 0.05) is 11.1 Å². The number of aromatic nitrogens is 1. The van der Waals surface area contributed by atoms with Crippen LogP contribution in [-0.2, 0) is 0 Å². The van der Waals surface area contributed by atoms with E-state index in [2.05, 4.69) is 4.98 Å². The Morgan fingerprint density at radius 3 is 2.00 bits per heavy atom. The van der Waals surface area contributed by atoms with Gasteiger partial charge in [-0.1, -0.05) is 12.1 Å². The lowest BCUT2D eigenvalue weighted by atomic mass is 10.1. The lowest BCUT2D eigenvalue weighted by Crippen LogP contribution is -1.94. The fourth-order valence-corrected chi connectivity index (χ4v) is 3.00. The van der Waals surface area contributed by atoms with E-state index in [0.29, 0.717) is 23.0 Å². The molecule has 5 nitrogen and oxygen atoms in total. The number of methoxy groups -OCH3 is 4. The predicted octanol–water partition coefficient (Wildman–Crippen LogP) is 4.75. The lowest BCUT2D eigenvalue weighted by Gasteiger charge is -2.11. The van der Waals surface area contributed by atoms with Crippen molar-refractivity contribution in [3.05, 3.63) is 53.3 Å². The van der Waals surface area contributed by atoms with Crippen molar-refractivity contribution in [1.29, 1.82) is 0 Å². The molecule has 0 aliphatic rings. The largest absolute Gasteiger partial charge is 0.493 e. The first-order chi connectivity index (χ1) is 13.1. The minimum atomic E-state index is 0.677. The van der Waals surface area contributed by atoms with Crippen LogP contribution in [0.5, 0.6) is 23.0 Å². The van der Waals surface area contributed by atoms with Crippen LogP contribution in [0.1, 0.15) is 17.0 Å². The summed E-state index contributed by atoms with van der Waals surface area (Å²) < 4.78 is 21.5. The number of nitrogens with zero attached hydrogens (tertiary/aromatic N) is 1. The first kappa shape index (κ1) is 18.6. The summed E-state index contributed by atoms with van der Waals surface area (Å²) in [6.07, 6.45) is 3.99. The molecular weight excluding hydrogens is 342 g/mol. The lowest BCUT2D eigenvalue weighted by molar-refractivity contribution is 0.355. The maximum Gasteiger partial charge on any atom is 0.161 e. The summed E-state index contributed by atoms with van der Waals surface area (Å²) in [5.74, 6) is 2.76. The monoisotopic (exact) mass is 365 g/mol. The number of hydrogen-bond donors (Lipinski definition) is 0. The fourth-order valence-electron chi connectivity index (χ4n) is 3.00. The van der Waals surface area contributed by atoms with E-state index < -0.39 is 0 Å². The molecule has 2 aromatic carbocycles. The number of fused-ring (bicyclic) bond motifs is 1. The normalized spacial score (nSPS) is 11.0. The predicted molar refractivity (Wildman–Crippen MR) is 108 cm³/mol. The average molecular weight is 365 g/mol. The zero-order chi connectivity index (χ0) is 19.4. The maximum absolute atomic E-state index is 5.44. The van der Waals surface area contributed by atoms with Gasteiger partial charge in [-0.3, -0.25) is 4.98 Å². The van der Waals surface area contributed by atoms with Crippen LogP contribution in [0.25, 0.3) is 22.9 Å². The summed E-state index contributed by atoms with van der Waals surface area (Å²) in [6.45, 7) is 1.98. The molecule has 0 aliphatic carbocycles. The number of pyridine rings is 1. The van der Waals surface area contributed by atoms with Crippen molar-refractivity contribution in [2.75, 3.05) is 28.4 Å². The molecule has 0 aliphatic heterocycles. The standard InChI is InChI=1S/C22H23NO4/c1-14-10-16-12-21(26-4)22(27-5)13-17(16)18(23-14)8-6-15-7-9-19(24-2)20(11-15)25-3/h6-13H,1-5H3. The van der Waals surface area contributed by atoms with Gasteiger partial charge < -0.3 is 18.9 Å². The van der Waals surface area contributed by atoms with Crippen molar-refractivity contribution < 1.29 is 18.9 Å². The molecule has 0 amide bonds. The number of rotatable bonds is 6. The van der Waals surface area contributed by atoms with Gasteiger partial charge in [-0.2, -0.15) is 0 Å². The average Bonchev–Trinajstić information content (AvgIpc) is 2.70. The van der Waals surface area contributed by atoms with Gasteiger partial charge >= 0.3 is 0 Å². The molecule has 0 saturated heterocycles. The molecule has 0 unspecified atom stereocenters. The highest BCUT2D eigenvalue weighted by Crippen LogP contribution is 2.34. The number of hydrogen-bond acceptors (Lipinski definition) is 5. The van der Waals surface area contributed by atoms with Crippen LogP contribution in [0.4, 0.5) is 0 Å². The summed E-state index contributed by atoms with van der Waals surface area (Å²) in [6, 6.07) is 11.7. The van der Waals surface area contributed by atoms with E-state index in [1.807, 2.05) is 55.5 Å². The Balaban J connectivity index is 2.07. The Hall–Kier alpha value is -3.21. The zero-order valence-corrected chi connectivity index (χ0v) is 16.2. The SMILES string of the molecule is COc1ccc(C=Cc2nc(C)cc3cc(OC)c(OC)cc23)cc1OC. The van der Waals surface area contributed by atoms with Crippen LogP contribution < -0.4 is 18.9 Å². The molecule has 1 heterocycles. The van der Waals surface area contributed by atoms with Crippen LogP contribution in [-0.4, -0.2) is 33.4 Å². The second-order valence-electron chi connectivity index (χ2n) is 6.02. The van der Waals surface area contributed by atoms with Gasteiger partial charge in [-0.15, -0.1) is 0 Å². The molecule has 0 N–H and O–H groups in total. The third-order valence-corrected chi connectivity index (χ3v) is 4.33. The Morgan fingerprint density at radius 1 is 0.704 bits per heavy atom. The minimum Gasteiger partial charge on any atom is -0.493 e. The smallest absolute Gasteiger partial charge is 0.161 e. The molecule has 3 aromatic rings. The first-order valence-electron chi connectivity index (χ1n) is 8.53. The third kappa shape index (κ3) is 3.82. The van der Waals surface area contributed by atoms with Crippen LogP contribution in [0.15, 0.2) is 36.4 Å². The number of benzene rings is 2. The highest BCUT2D eigenvalue weighted by atomic mass is 16.5. The Morgan fingerprint density at radius 2 is 1.33 bits per heavy atom. The van der Waals surface area contributed by atoms with E-state index in [-0.39, 0.29) is 0 Å². The van der Waals surface area contributed by atoms with Gasteiger partial charge in [0.15, 0.2) is 23.0 Å². The second kappa shape index (κ2) is 7.99. The van der Waals surface area contributed by atoms with Gasteiger partial charge in [0.05, 0.1) is 34.1 Å². The van der Waals surface area contributed by atoms with Crippen LogP contribution in [0.2, 0.25) is 0 Å². The van der Waals surface area contributed by atoms with Crippen molar-refractivity contribution in [3.8, 4) is 23.0 Å². The molecule has 0 spiro atoms. The van der Waals surface area contributed by atoms with E-state index >= 15 is 0 Å². The topological polar surface area (TPSA) is 49.8 Å². The van der Waals surface area contributed by atoms with Crippen molar-refractivity contribution in [3.63, 3.8) is 0 Å². The van der Waals surface area contributed by atoms with Crippen LogP contribution >= 0.6 is 0 Å². The van der Waals surface area contributed by atoms with E-state index in [9.17, 15) is 0 Å². The van der Waals surface area contributed by atoms with E-state index in [0.717, 1.165) is 27.7 Å². The van der Waals surface area contributed by atoms with Crippen LogP contribution in [0, 0.1) is 6.92 Å². The zero-order valence-electron chi connectivity index (χ0n) is 16.2. The molecule has 0 fully saturated rings. The molecule has 27 heavy (non-hydrogen) atoms. The van der Waals surface area contributed by atoms with Gasteiger partial charge in [0.1, 0.15) is 0 Å². The second-order valence-corrected chi connectivity index (χ2v) is 6.02. The molecule has 3 rings (SSSR count). The molecule has 0 bridgehead atoms. The summed E-state index contributed by atoms with van der Waals surface area (Å²) in [4.78, 5) is 4.68. The minimum absolute atomic E-state index is 0.677. The van der Waals surface area contributed by atoms with Crippen LogP contribution in [0.3, 0.4) is 0 Å². The molecular formula is C22H23NO4. The molecule has 0 saturated carbocycles. The van der Waals surface area contributed by atoms with Gasteiger partial charge in [-0.25, -0.2) is 0 Å². The summed E-state index contributed by atoms with van der Waals surface area (Å²) in [5.41, 5.74) is 2.78. The molecule has 1 aromatic heterocycles. The van der Waals surface area contributed by atoms with Crippen molar-refractivity contribution in [1.82, 2.24) is 4.98 Å². The summed E-state index contributed by atoms with van der Waals surface area (Å²) >= 11 is 0. The molecule has 140 valence electrons. The maximum atomic E-state index is 5.44.